The first-order chi connectivity index (χ1) is 11.9. The Morgan fingerprint density at radius 1 is 1.00 bits per heavy atom. The Kier molecular flexibility index (Phi) is 4.85. The van der Waals surface area contributed by atoms with Crippen molar-refractivity contribution >= 4 is 23.3 Å². The molecule has 2 heterocycles. The molecule has 25 heavy (non-hydrogen) atoms. The van der Waals surface area contributed by atoms with E-state index in [-0.39, 0.29) is 5.91 Å². The van der Waals surface area contributed by atoms with E-state index in [4.69, 9.17) is 11.6 Å². The molecular weight excluding hydrogens is 355 g/mol. The van der Waals surface area contributed by atoms with Gasteiger partial charge >= 0.3 is 6.18 Å². The van der Waals surface area contributed by atoms with Crippen molar-refractivity contribution in [2.24, 2.45) is 0 Å². The van der Waals surface area contributed by atoms with E-state index in [1.165, 1.54) is 6.07 Å². The van der Waals surface area contributed by atoms with Crippen LogP contribution in [0.3, 0.4) is 0 Å². The van der Waals surface area contributed by atoms with Crippen molar-refractivity contribution in [3.05, 3.63) is 58.7 Å². The normalized spacial score (nSPS) is 15.4. The fourth-order valence-electron chi connectivity index (χ4n) is 2.71. The van der Waals surface area contributed by atoms with Crippen LogP contribution in [0.5, 0.6) is 0 Å². The molecule has 0 N–H and O–H groups in total. The predicted octanol–water partition coefficient (Wildman–Crippen LogP) is 3.72. The predicted molar refractivity (Wildman–Crippen MR) is 88.8 cm³/mol. The smallest absolute Gasteiger partial charge is 0.353 e. The summed E-state index contributed by atoms with van der Waals surface area (Å²) in [6, 6.07) is 11.2. The van der Waals surface area contributed by atoms with Gasteiger partial charge in [-0.1, -0.05) is 29.8 Å². The molecule has 8 heteroatoms. The topological polar surface area (TPSA) is 36.4 Å². The number of anilines is 1. The summed E-state index contributed by atoms with van der Waals surface area (Å²) in [6.45, 7) is 1.89. The minimum Gasteiger partial charge on any atom is -0.353 e. The highest BCUT2D eigenvalue weighted by atomic mass is 35.5. The number of hydrogen-bond donors (Lipinski definition) is 0. The van der Waals surface area contributed by atoms with Gasteiger partial charge in [0.2, 0.25) is 0 Å². The first kappa shape index (κ1) is 17.5. The Hall–Kier alpha value is -2.28. The van der Waals surface area contributed by atoms with E-state index in [9.17, 15) is 18.0 Å². The van der Waals surface area contributed by atoms with Gasteiger partial charge in [0, 0.05) is 31.7 Å². The number of nitrogens with zero attached hydrogens (tertiary/aromatic N) is 3. The van der Waals surface area contributed by atoms with Crippen LogP contribution in [0.2, 0.25) is 5.15 Å². The second-order valence-electron chi connectivity index (χ2n) is 5.65. The molecule has 1 aliphatic heterocycles. The van der Waals surface area contributed by atoms with Gasteiger partial charge in [-0.25, -0.2) is 4.98 Å². The number of carbonyl (C=O) groups excluding carboxylic acids is 1. The average Bonchev–Trinajstić information content (AvgIpc) is 2.61. The number of carbonyl (C=O) groups is 1. The molecule has 0 spiro atoms. The zero-order valence-electron chi connectivity index (χ0n) is 13.1. The van der Waals surface area contributed by atoms with Gasteiger partial charge in [0.05, 0.1) is 5.56 Å². The van der Waals surface area contributed by atoms with Gasteiger partial charge in [-0.05, 0) is 24.3 Å². The van der Waals surface area contributed by atoms with Crippen molar-refractivity contribution in [1.82, 2.24) is 9.88 Å². The van der Waals surface area contributed by atoms with Crippen LogP contribution in [0.4, 0.5) is 19.0 Å². The summed E-state index contributed by atoms with van der Waals surface area (Å²) >= 11 is 5.67. The minimum atomic E-state index is -4.52. The Morgan fingerprint density at radius 3 is 2.20 bits per heavy atom. The first-order valence-electron chi connectivity index (χ1n) is 7.69. The fourth-order valence-corrected chi connectivity index (χ4v) is 2.97. The summed E-state index contributed by atoms with van der Waals surface area (Å²) in [7, 11) is 0. The molecule has 0 radical (unpaired) electrons. The van der Waals surface area contributed by atoms with Crippen molar-refractivity contribution < 1.29 is 18.0 Å². The van der Waals surface area contributed by atoms with Crippen LogP contribution in [0.15, 0.2) is 42.5 Å². The molecule has 1 aromatic carbocycles. The monoisotopic (exact) mass is 369 g/mol. The van der Waals surface area contributed by atoms with E-state index in [2.05, 4.69) is 4.98 Å². The number of amides is 1. The molecule has 132 valence electrons. The molecule has 4 nitrogen and oxygen atoms in total. The van der Waals surface area contributed by atoms with Gasteiger partial charge in [-0.2, -0.15) is 13.2 Å². The van der Waals surface area contributed by atoms with Crippen molar-refractivity contribution in [3.8, 4) is 0 Å². The third-order valence-electron chi connectivity index (χ3n) is 4.05. The summed E-state index contributed by atoms with van der Waals surface area (Å²) in [5, 5.41) is -0.562. The average molecular weight is 370 g/mol. The Labute approximate surface area is 147 Å². The zero-order valence-corrected chi connectivity index (χ0v) is 13.9. The number of alkyl halides is 3. The molecular formula is C17H15ClF3N3O. The lowest BCUT2D eigenvalue weighted by Crippen LogP contribution is -2.49. The molecule has 1 saturated heterocycles. The van der Waals surface area contributed by atoms with E-state index in [0.717, 1.165) is 6.07 Å². The maximum absolute atomic E-state index is 12.7. The van der Waals surface area contributed by atoms with Crippen molar-refractivity contribution in [2.75, 3.05) is 31.1 Å². The lowest BCUT2D eigenvalue weighted by atomic mass is 10.2. The Morgan fingerprint density at radius 2 is 1.64 bits per heavy atom. The summed E-state index contributed by atoms with van der Waals surface area (Å²) in [5.74, 6) is 0.323. The molecule has 1 aliphatic rings. The van der Waals surface area contributed by atoms with Crippen molar-refractivity contribution in [3.63, 3.8) is 0 Å². The largest absolute Gasteiger partial charge is 0.419 e. The fraction of sp³-hybridized carbons (Fsp3) is 0.294. The molecule has 0 saturated carbocycles. The number of hydrogen-bond acceptors (Lipinski definition) is 3. The summed E-state index contributed by atoms with van der Waals surface area (Å²) in [4.78, 5) is 19.8. The zero-order chi connectivity index (χ0) is 18.0. The van der Waals surface area contributed by atoms with Gasteiger partial charge in [0.1, 0.15) is 11.0 Å². The number of benzene rings is 1. The lowest BCUT2D eigenvalue weighted by molar-refractivity contribution is -0.137. The first-order valence-corrected chi connectivity index (χ1v) is 8.07. The molecule has 0 atom stereocenters. The summed E-state index contributed by atoms with van der Waals surface area (Å²) in [5.41, 5.74) is -0.331. The van der Waals surface area contributed by atoms with Gasteiger partial charge < -0.3 is 9.80 Å². The highest BCUT2D eigenvalue weighted by Crippen LogP contribution is 2.34. The molecule has 0 bridgehead atoms. The molecule has 1 fully saturated rings. The van der Waals surface area contributed by atoms with E-state index in [1.807, 2.05) is 11.0 Å². The van der Waals surface area contributed by atoms with E-state index < -0.39 is 16.9 Å². The number of piperazine rings is 1. The second-order valence-corrected chi connectivity index (χ2v) is 6.01. The van der Waals surface area contributed by atoms with Crippen LogP contribution in [0.1, 0.15) is 15.9 Å². The van der Waals surface area contributed by atoms with Crippen LogP contribution in [0, 0.1) is 0 Å². The molecule has 0 unspecified atom stereocenters. The standard InChI is InChI=1S/C17H15ClF3N3O/c18-15-13(17(19,20)21)6-7-14(22-15)23-8-10-24(11-9-23)16(25)12-4-2-1-3-5-12/h1-7H,8-11H2. The van der Waals surface area contributed by atoms with E-state index >= 15 is 0 Å². The van der Waals surface area contributed by atoms with Crippen LogP contribution in [0.25, 0.3) is 0 Å². The third-order valence-corrected chi connectivity index (χ3v) is 4.34. The molecule has 3 rings (SSSR count). The Balaban J connectivity index is 1.67. The van der Waals surface area contributed by atoms with Crippen LogP contribution >= 0.6 is 11.6 Å². The van der Waals surface area contributed by atoms with Crippen LogP contribution < -0.4 is 4.90 Å². The van der Waals surface area contributed by atoms with Gasteiger partial charge in [-0.15, -0.1) is 0 Å². The Bertz CT molecular complexity index is 759. The SMILES string of the molecule is O=C(c1ccccc1)N1CCN(c2ccc(C(F)(F)F)c(Cl)n2)CC1. The lowest BCUT2D eigenvalue weighted by Gasteiger charge is -2.35. The highest BCUT2D eigenvalue weighted by molar-refractivity contribution is 6.30. The minimum absolute atomic E-state index is 0.0568. The van der Waals surface area contributed by atoms with Crippen molar-refractivity contribution in [1.29, 1.82) is 0 Å². The summed E-state index contributed by atoms with van der Waals surface area (Å²) in [6.07, 6.45) is -4.52. The second kappa shape index (κ2) is 6.92. The van der Waals surface area contributed by atoms with Crippen LogP contribution in [-0.4, -0.2) is 42.0 Å². The summed E-state index contributed by atoms with van der Waals surface area (Å²) < 4.78 is 38.2. The van der Waals surface area contributed by atoms with Gasteiger partial charge in [0.25, 0.3) is 5.91 Å². The van der Waals surface area contributed by atoms with Crippen LogP contribution in [-0.2, 0) is 6.18 Å². The number of rotatable bonds is 2. The van der Waals surface area contributed by atoms with E-state index in [0.29, 0.717) is 37.6 Å². The molecule has 1 amide bonds. The highest BCUT2D eigenvalue weighted by Gasteiger charge is 2.34. The van der Waals surface area contributed by atoms with Crippen molar-refractivity contribution in [2.45, 2.75) is 6.18 Å². The molecule has 0 aliphatic carbocycles. The maximum Gasteiger partial charge on any atom is 0.419 e. The van der Waals surface area contributed by atoms with E-state index in [1.54, 1.807) is 29.2 Å². The quantitative estimate of drug-likeness (QED) is 0.757. The number of pyridine rings is 1. The molecule has 1 aromatic heterocycles. The van der Waals surface area contributed by atoms with Gasteiger partial charge in [-0.3, -0.25) is 4.79 Å². The number of halogens is 4. The maximum atomic E-state index is 12.7. The number of aromatic nitrogens is 1. The molecule has 2 aromatic rings. The van der Waals surface area contributed by atoms with Gasteiger partial charge in [0.15, 0.2) is 0 Å². The third kappa shape index (κ3) is 3.87.